The number of hydrogen-bond donors (Lipinski definition) is 2. The second kappa shape index (κ2) is 6.85. The van der Waals surface area contributed by atoms with Crippen molar-refractivity contribution < 1.29 is 19.8 Å². The molecular formula is C15H19NO4S. The van der Waals surface area contributed by atoms with Gasteiger partial charge in [0.1, 0.15) is 5.75 Å². The number of benzene rings is 1. The lowest BCUT2D eigenvalue weighted by Crippen LogP contribution is -2.46. The number of carbonyl (C=O) groups is 2. The number of carboxylic acid groups (broad SMARTS) is 1. The fourth-order valence-corrected chi connectivity index (χ4v) is 3.31. The molecule has 0 radical (unpaired) electrons. The van der Waals surface area contributed by atoms with Gasteiger partial charge in [0.15, 0.2) is 0 Å². The first-order valence-corrected chi connectivity index (χ1v) is 7.86. The van der Waals surface area contributed by atoms with E-state index in [9.17, 15) is 14.7 Å². The zero-order chi connectivity index (χ0) is 15.4. The molecule has 1 heterocycles. The van der Waals surface area contributed by atoms with Crippen LogP contribution in [0.4, 0.5) is 0 Å². The van der Waals surface area contributed by atoms with E-state index in [1.165, 1.54) is 11.8 Å². The van der Waals surface area contributed by atoms with E-state index >= 15 is 0 Å². The van der Waals surface area contributed by atoms with Gasteiger partial charge in [0.05, 0.1) is 11.7 Å². The third-order valence-electron chi connectivity index (χ3n) is 3.56. The summed E-state index contributed by atoms with van der Waals surface area (Å²) < 4.78 is 0. The van der Waals surface area contributed by atoms with Gasteiger partial charge in [0.2, 0.25) is 5.91 Å². The number of hydrogen-bond acceptors (Lipinski definition) is 4. The Balaban J connectivity index is 1.90. The second-order valence-electron chi connectivity index (χ2n) is 5.46. The molecule has 1 saturated heterocycles. The molecule has 114 valence electrons. The van der Waals surface area contributed by atoms with E-state index < -0.39 is 11.9 Å². The molecule has 21 heavy (non-hydrogen) atoms. The highest BCUT2D eigenvalue weighted by molar-refractivity contribution is 8.00. The van der Waals surface area contributed by atoms with Crippen LogP contribution in [0.1, 0.15) is 13.3 Å². The van der Waals surface area contributed by atoms with E-state index in [1.807, 2.05) is 6.92 Å². The topological polar surface area (TPSA) is 77.8 Å². The highest BCUT2D eigenvalue weighted by Crippen LogP contribution is 2.25. The first-order valence-electron chi connectivity index (χ1n) is 6.88. The maximum absolute atomic E-state index is 12.2. The maximum Gasteiger partial charge on any atom is 0.308 e. The largest absolute Gasteiger partial charge is 0.508 e. The molecular weight excluding hydrogens is 290 g/mol. The van der Waals surface area contributed by atoms with Crippen molar-refractivity contribution in [3.05, 3.63) is 24.3 Å². The molecule has 6 heteroatoms. The third kappa shape index (κ3) is 4.39. The number of nitrogens with zero attached hydrogens (tertiary/aromatic N) is 1. The molecule has 1 aromatic rings. The SMILES string of the molecule is CC1CC(C(=O)O)CN(C(=O)CSc2ccc(O)cc2)C1. The number of thioether (sulfide) groups is 1. The van der Waals surface area contributed by atoms with Crippen molar-refractivity contribution in [3.63, 3.8) is 0 Å². The van der Waals surface area contributed by atoms with Gasteiger partial charge >= 0.3 is 5.97 Å². The average Bonchev–Trinajstić information content (AvgIpc) is 2.45. The molecule has 1 amide bonds. The molecule has 0 spiro atoms. The predicted molar refractivity (Wildman–Crippen MR) is 80.3 cm³/mol. The maximum atomic E-state index is 12.2. The van der Waals surface area contributed by atoms with Crippen LogP contribution in [-0.2, 0) is 9.59 Å². The lowest BCUT2D eigenvalue weighted by Gasteiger charge is -2.34. The minimum absolute atomic E-state index is 0.0362. The number of likely N-dealkylation sites (tertiary alicyclic amines) is 1. The Hall–Kier alpha value is -1.69. The molecule has 0 saturated carbocycles. The van der Waals surface area contributed by atoms with E-state index in [1.54, 1.807) is 29.2 Å². The highest BCUT2D eigenvalue weighted by Gasteiger charge is 2.31. The van der Waals surface area contributed by atoms with Crippen molar-refractivity contribution in [1.82, 2.24) is 4.90 Å². The second-order valence-corrected chi connectivity index (χ2v) is 6.51. The minimum Gasteiger partial charge on any atom is -0.508 e. The normalized spacial score (nSPS) is 22.0. The molecule has 0 bridgehead atoms. The van der Waals surface area contributed by atoms with E-state index in [0.29, 0.717) is 19.5 Å². The van der Waals surface area contributed by atoms with Crippen molar-refractivity contribution >= 4 is 23.6 Å². The standard InChI is InChI=1S/C15H19NO4S/c1-10-6-11(15(19)20)8-16(7-10)14(18)9-21-13-4-2-12(17)3-5-13/h2-5,10-11,17H,6-9H2,1H3,(H,19,20). The van der Waals surface area contributed by atoms with E-state index in [-0.39, 0.29) is 23.3 Å². The fraction of sp³-hybridized carbons (Fsp3) is 0.467. The molecule has 1 fully saturated rings. The van der Waals surface area contributed by atoms with Crippen molar-refractivity contribution in [1.29, 1.82) is 0 Å². The quantitative estimate of drug-likeness (QED) is 0.832. The smallest absolute Gasteiger partial charge is 0.308 e. The number of phenols is 1. The molecule has 5 nitrogen and oxygen atoms in total. The molecule has 0 aliphatic carbocycles. The van der Waals surface area contributed by atoms with Crippen LogP contribution in [0.5, 0.6) is 5.75 Å². The molecule has 1 aliphatic heterocycles. The molecule has 2 atom stereocenters. The predicted octanol–water partition coefficient (Wildman–Crippen LogP) is 2.05. The average molecular weight is 309 g/mol. The van der Waals surface area contributed by atoms with Crippen LogP contribution in [0.15, 0.2) is 29.2 Å². The minimum atomic E-state index is -0.828. The molecule has 2 rings (SSSR count). The van der Waals surface area contributed by atoms with E-state index in [0.717, 1.165) is 4.90 Å². The molecule has 0 aromatic heterocycles. The van der Waals surface area contributed by atoms with Gasteiger partial charge in [-0.3, -0.25) is 9.59 Å². The summed E-state index contributed by atoms with van der Waals surface area (Å²) in [5, 5.41) is 18.3. The summed E-state index contributed by atoms with van der Waals surface area (Å²) in [6.45, 7) is 2.90. The summed E-state index contributed by atoms with van der Waals surface area (Å²) in [5.74, 6) is -0.640. The van der Waals surface area contributed by atoms with Crippen molar-refractivity contribution in [2.45, 2.75) is 18.2 Å². The Morgan fingerprint density at radius 1 is 1.29 bits per heavy atom. The summed E-state index contributed by atoms with van der Waals surface area (Å²) in [7, 11) is 0. The number of amides is 1. The number of piperidine rings is 1. The Labute approximate surface area is 128 Å². The lowest BCUT2D eigenvalue weighted by atomic mass is 9.90. The van der Waals surface area contributed by atoms with Gasteiger partial charge in [-0.15, -0.1) is 11.8 Å². The van der Waals surface area contributed by atoms with Crippen LogP contribution in [0.2, 0.25) is 0 Å². The summed E-state index contributed by atoms with van der Waals surface area (Å²) in [6, 6.07) is 6.67. The van der Waals surface area contributed by atoms with Crippen molar-refractivity contribution in [2.24, 2.45) is 11.8 Å². The van der Waals surface area contributed by atoms with Gasteiger partial charge in [-0.05, 0) is 36.6 Å². The van der Waals surface area contributed by atoms with Gasteiger partial charge in [-0.25, -0.2) is 0 Å². The number of carboxylic acids is 1. The number of rotatable bonds is 4. The van der Waals surface area contributed by atoms with E-state index in [2.05, 4.69) is 0 Å². The lowest BCUT2D eigenvalue weighted by molar-refractivity contribution is -0.146. The summed E-state index contributed by atoms with van der Waals surface area (Å²) in [5.41, 5.74) is 0. The third-order valence-corrected chi connectivity index (χ3v) is 4.56. The molecule has 2 unspecified atom stereocenters. The van der Waals surface area contributed by atoms with Gasteiger partial charge in [0, 0.05) is 18.0 Å². The van der Waals surface area contributed by atoms with Crippen LogP contribution < -0.4 is 0 Å². The van der Waals surface area contributed by atoms with Crippen LogP contribution in [0.3, 0.4) is 0 Å². The van der Waals surface area contributed by atoms with Crippen LogP contribution in [0.25, 0.3) is 0 Å². The zero-order valence-corrected chi connectivity index (χ0v) is 12.7. The van der Waals surface area contributed by atoms with Gasteiger partial charge in [0.25, 0.3) is 0 Å². The van der Waals surface area contributed by atoms with Crippen molar-refractivity contribution in [2.75, 3.05) is 18.8 Å². The zero-order valence-electron chi connectivity index (χ0n) is 11.9. The summed E-state index contributed by atoms with van der Waals surface area (Å²) in [6.07, 6.45) is 0.629. The van der Waals surface area contributed by atoms with Gasteiger partial charge in [-0.2, -0.15) is 0 Å². The first-order chi connectivity index (χ1) is 9.95. The molecule has 1 aliphatic rings. The van der Waals surface area contributed by atoms with Crippen LogP contribution in [-0.4, -0.2) is 45.8 Å². The van der Waals surface area contributed by atoms with Gasteiger partial charge < -0.3 is 15.1 Å². The van der Waals surface area contributed by atoms with Crippen LogP contribution >= 0.6 is 11.8 Å². The number of phenolic OH excluding ortho intramolecular Hbond substituents is 1. The Morgan fingerprint density at radius 2 is 1.95 bits per heavy atom. The monoisotopic (exact) mass is 309 g/mol. The Kier molecular flexibility index (Phi) is 5.12. The Morgan fingerprint density at radius 3 is 2.57 bits per heavy atom. The van der Waals surface area contributed by atoms with Crippen LogP contribution in [0, 0.1) is 11.8 Å². The number of aromatic hydroxyl groups is 1. The highest BCUT2D eigenvalue weighted by atomic mass is 32.2. The molecule has 2 N–H and O–H groups in total. The number of carbonyl (C=O) groups excluding carboxylic acids is 1. The first kappa shape index (κ1) is 15.7. The number of aliphatic carboxylic acids is 1. The summed E-state index contributed by atoms with van der Waals surface area (Å²) in [4.78, 5) is 25.9. The Bertz CT molecular complexity index is 517. The summed E-state index contributed by atoms with van der Waals surface area (Å²) >= 11 is 1.39. The molecule has 1 aromatic carbocycles. The van der Waals surface area contributed by atoms with Gasteiger partial charge in [-0.1, -0.05) is 6.92 Å². The fourth-order valence-electron chi connectivity index (χ4n) is 2.51. The van der Waals surface area contributed by atoms with E-state index in [4.69, 9.17) is 5.11 Å². The van der Waals surface area contributed by atoms with Crippen molar-refractivity contribution in [3.8, 4) is 5.75 Å².